The second-order valence-electron chi connectivity index (χ2n) is 15.0. The van der Waals surface area contributed by atoms with Crippen molar-refractivity contribution in [2.45, 2.75) is 212 Å². The average molecular weight is 686 g/mol. The molecule has 0 amide bonds. The molecule has 2 unspecified atom stereocenters. The van der Waals surface area contributed by atoms with Crippen molar-refractivity contribution >= 4 is 0 Å². The predicted molar refractivity (Wildman–Crippen MR) is 215 cm³/mol. The summed E-state index contributed by atoms with van der Waals surface area (Å²) in [5.74, 6) is -0.997. The van der Waals surface area contributed by atoms with Gasteiger partial charge in [0.05, 0.1) is 12.2 Å². The minimum atomic E-state index is -0.997. The summed E-state index contributed by atoms with van der Waals surface area (Å²) in [6.07, 6.45) is 52.2. The molecule has 2 atom stereocenters. The van der Waals surface area contributed by atoms with Crippen LogP contribution in [0.2, 0.25) is 0 Å². The zero-order valence-electron chi connectivity index (χ0n) is 33.2. The van der Waals surface area contributed by atoms with E-state index in [0.29, 0.717) is 0 Å². The number of nitrogens with zero attached hydrogens (tertiary/aromatic N) is 1. The maximum atomic E-state index is 11.8. The highest BCUT2D eigenvalue weighted by Gasteiger charge is 2.32. The number of hydrogen-bond acceptors (Lipinski definition) is 4. The summed E-state index contributed by atoms with van der Waals surface area (Å²) in [4.78, 5) is 2.31. The lowest BCUT2D eigenvalue weighted by molar-refractivity contribution is -0.241. The van der Waals surface area contributed by atoms with Gasteiger partial charge in [-0.2, -0.15) is 0 Å². The Hall–Kier alpha value is -1.20. The summed E-state index contributed by atoms with van der Waals surface area (Å²) in [6, 6.07) is 0. The number of rotatable bonds is 33. The van der Waals surface area contributed by atoms with E-state index in [9.17, 15) is 5.11 Å². The van der Waals surface area contributed by atoms with Crippen molar-refractivity contribution in [2.75, 3.05) is 27.2 Å². The summed E-state index contributed by atoms with van der Waals surface area (Å²) in [5.41, 5.74) is 0. The van der Waals surface area contributed by atoms with E-state index >= 15 is 0 Å². The molecule has 0 radical (unpaired) electrons. The molecule has 1 saturated heterocycles. The highest BCUT2D eigenvalue weighted by Crippen LogP contribution is 2.29. The van der Waals surface area contributed by atoms with Crippen molar-refractivity contribution in [3.05, 3.63) is 48.6 Å². The third-order valence-corrected chi connectivity index (χ3v) is 10.1. The standard InChI is InChI=1S/C45H83NO3/c1-5-7-9-11-13-15-17-19-21-23-25-27-29-31-33-35-39-45(47,49-44-38-37-43(48-4)41-46(3)42-44)40-36-34-32-30-28-26-24-22-20-18-16-14-12-10-8-6-2/h13-16,19-22,43-44,47H,5-12,17-18,23-42H2,1-4H3/b15-13-,16-14-,21-19-,22-20-. The van der Waals surface area contributed by atoms with Crippen LogP contribution in [-0.2, 0) is 9.47 Å². The van der Waals surface area contributed by atoms with Gasteiger partial charge in [0.15, 0.2) is 5.79 Å². The molecule has 286 valence electrons. The van der Waals surface area contributed by atoms with Gasteiger partial charge in [0.25, 0.3) is 0 Å². The van der Waals surface area contributed by atoms with Crippen molar-refractivity contribution in [3.63, 3.8) is 0 Å². The zero-order valence-corrected chi connectivity index (χ0v) is 33.2. The molecule has 0 bridgehead atoms. The summed E-state index contributed by atoms with van der Waals surface area (Å²) in [7, 11) is 3.96. The van der Waals surface area contributed by atoms with Crippen molar-refractivity contribution in [1.82, 2.24) is 4.90 Å². The SMILES string of the molecule is CCCCC/C=C\C/C=C\CCCCCCCCC(O)(CCCCCCCC/C=C\C/C=C\CCCCC)OC1CCC(OC)CN(C)C1. The summed E-state index contributed by atoms with van der Waals surface area (Å²) in [6.45, 7) is 6.33. The number of hydrogen-bond donors (Lipinski definition) is 1. The zero-order chi connectivity index (χ0) is 35.5. The van der Waals surface area contributed by atoms with Crippen molar-refractivity contribution < 1.29 is 14.6 Å². The van der Waals surface area contributed by atoms with Gasteiger partial charge in [-0.1, -0.05) is 140 Å². The lowest BCUT2D eigenvalue weighted by atomic mass is 9.98. The molecule has 1 aliphatic rings. The van der Waals surface area contributed by atoms with E-state index in [0.717, 1.165) is 64.5 Å². The normalized spacial score (nSPS) is 18.2. The Morgan fingerprint density at radius 1 is 0.531 bits per heavy atom. The Morgan fingerprint density at radius 3 is 1.33 bits per heavy atom. The molecule has 1 fully saturated rings. The lowest BCUT2D eigenvalue weighted by Crippen LogP contribution is -2.40. The van der Waals surface area contributed by atoms with Gasteiger partial charge in [-0.05, 0) is 96.9 Å². The van der Waals surface area contributed by atoms with E-state index < -0.39 is 5.79 Å². The predicted octanol–water partition coefficient (Wildman–Crippen LogP) is 13.2. The second-order valence-corrected chi connectivity index (χ2v) is 15.0. The summed E-state index contributed by atoms with van der Waals surface area (Å²) >= 11 is 0. The van der Waals surface area contributed by atoms with Crippen LogP contribution in [0.25, 0.3) is 0 Å². The molecule has 0 saturated carbocycles. The van der Waals surface area contributed by atoms with Crippen molar-refractivity contribution in [3.8, 4) is 0 Å². The quantitative estimate of drug-likeness (QED) is 0.0424. The van der Waals surface area contributed by atoms with Gasteiger partial charge in [-0.3, -0.25) is 0 Å². The minimum absolute atomic E-state index is 0.0735. The van der Waals surface area contributed by atoms with Crippen molar-refractivity contribution in [1.29, 1.82) is 0 Å². The molecule has 1 aliphatic heterocycles. The lowest BCUT2D eigenvalue weighted by Gasteiger charge is -2.34. The smallest absolute Gasteiger partial charge is 0.165 e. The van der Waals surface area contributed by atoms with Crippen LogP contribution in [0.1, 0.15) is 194 Å². The number of unbranched alkanes of at least 4 members (excludes halogenated alkanes) is 18. The van der Waals surface area contributed by atoms with Gasteiger partial charge >= 0.3 is 0 Å². The maximum Gasteiger partial charge on any atom is 0.165 e. The molecule has 0 aromatic rings. The van der Waals surface area contributed by atoms with Crippen LogP contribution >= 0.6 is 0 Å². The number of likely N-dealkylation sites (N-methyl/N-ethyl adjacent to an activating group) is 1. The fourth-order valence-electron chi connectivity index (χ4n) is 6.94. The molecule has 49 heavy (non-hydrogen) atoms. The Kier molecular flexibility index (Phi) is 31.7. The molecule has 0 aromatic heterocycles. The van der Waals surface area contributed by atoms with Gasteiger partial charge in [-0.25, -0.2) is 0 Å². The fourth-order valence-corrected chi connectivity index (χ4v) is 6.94. The van der Waals surface area contributed by atoms with Crippen LogP contribution in [-0.4, -0.2) is 55.2 Å². The van der Waals surface area contributed by atoms with Crippen molar-refractivity contribution in [2.24, 2.45) is 0 Å². The highest BCUT2D eigenvalue weighted by atomic mass is 16.6. The minimum Gasteiger partial charge on any atom is -0.380 e. The topological polar surface area (TPSA) is 41.9 Å². The monoisotopic (exact) mass is 686 g/mol. The van der Waals surface area contributed by atoms with E-state index in [2.05, 4.69) is 74.4 Å². The van der Waals surface area contributed by atoms with E-state index in [4.69, 9.17) is 9.47 Å². The van der Waals surface area contributed by atoms with E-state index in [1.165, 1.54) is 128 Å². The Balaban J connectivity index is 2.29. The largest absolute Gasteiger partial charge is 0.380 e. The second kappa shape index (κ2) is 33.9. The van der Waals surface area contributed by atoms with Crippen LogP contribution in [0.15, 0.2) is 48.6 Å². The molecule has 1 heterocycles. The number of allylic oxidation sites excluding steroid dienone is 8. The van der Waals surface area contributed by atoms with E-state index in [-0.39, 0.29) is 12.2 Å². The van der Waals surface area contributed by atoms with Gasteiger partial charge in [0.1, 0.15) is 0 Å². The van der Waals surface area contributed by atoms with Crippen LogP contribution in [0.3, 0.4) is 0 Å². The first-order valence-corrected chi connectivity index (χ1v) is 21.2. The van der Waals surface area contributed by atoms with Crippen LogP contribution in [0, 0.1) is 0 Å². The van der Waals surface area contributed by atoms with Crippen LogP contribution < -0.4 is 0 Å². The van der Waals surface area contributed by atoms with E-state index in [1.807, 2.05) is 7.11 Å². The number of likely N-dealkylation sites (tertiary alicyclic amines) is 1. The number of aliphatic hydroxyl groups is 1. The molecule has 0 aliphatic carbocycles. The Morgan fingerprint density at radius 2 is 0.898 bits per heavy atom. The van der Waals surface area contributed by atoms with Gasteiger partial charge in [0, 0.05) is 33.0 Å². The van der Waals surface area contributed by atoms with Crippen LogP contribution in [0.5, 0.6) is 0 Å². The Bertz CT molecular complexity index is 770. The first kappa shape index (κ1) is 45.8. The molecule has 1 rings (SSSR count). The fraction of sp³-hybridized carbons (Fsp3) is 0.822. The third-order valence-electron chi connectivity index (χ3n) is 10.1. The first-order valence-electron chi connectivity index (χ1n) is 21.2. The molecule has 4 nitrogen and oxygen atoms in total. The molecule has 1 N–H and O–H groups in total. The molecule has 0 spiro atoms. The summed E-state index contributed by atoms with van der Waals surface area (Å²) in [5, 5.41) is 11.8. The van der Waals surface area contributed by atoms with Crippen LogP contribution in [0.4, 0.5) is 0 Å². The average Bonchev–Trinajstić information content (AvgIpc) is 3.27. The summed E-state index contributed by atoms with van der Waals surface area (Å²) < 4.78 is 12.3. The molecule has 0 aromatic carbocycles. The maximum absolute atomic E-state index is 11.8. The number of ether oxygens (including phenoxy) is 2. The van der Waals surface area contributed by atoms with Gasteiger partial charge in [0.2, 0.25) is 0 Å². The molecular weight excluding hydrogens is 602 g/mol. The number of methoxy groups -OCH3 is 1. The molecule has 4 heteroatoms. The Labute approximate surface area is 306 Å². The molecular formula is C45H83NO3. The van der Waals surface area contributed by atoms with Gasteiger partial charge < -0.3 is 19.5 Å². The first-order chi connectivity index (χ1) is 24.0. The van der Waals surface area contributed by atoms with Gasteiger partial charge in [-0.15, -0.1) is 0 Å². The van der Waals surface area contributed by atoms with E-state index in [1.54, 1.807) is 0 Å². The third kappa shape index (κ3) is 29.1. The highest BCUT2D eigenvalue weighted by molar-refractivity contribution is 4.93.